The molecular formula is C11H13NO8. The molecule has 0 spiro atoms. The highest BCUT2D eigenvalue weighted by Crippen LogP contribution is 2.20. The molecule has 0 aromatic carbocycles. The molecule has 0 N–H and O–H groups in total. The van der Waals surface area contributed by atoms with E-state index in [-0.39, 0.29) is 0 Å². The Morgan fingerprint density at radius 3 is 1.70 bits per heavy atom. The maximum atomic E-state index is 11.9. The number of carbonyl (C=O) groups excluding carboxylic acids is 5. The summed E-state index contributed by atoms with van der Waals surface area (Å²) in [6.07, 6.45) is -3.18. The molecule has 2 amide bonds. The average Bonchev–Trinajstić information content (AvgIpc) is 2.55. The Labute approximate surface area is 113 Å². The molecule has 0 radical (unpaired) electrons. The van der Waals surface area contributed by atoms with Gasteiger partial charge in [0.15, 0.2) is 0 Å². The minimum Gasteiger partial charge on any atom is -0.468 e. The number of ether oxygens (including phenoxy) is 3. The lowest BCUT2D eigenvalue weighted by Gasteiger charge is -2.14. The van der Waals surface area contributed by atoms with E-state index in [1.54, 1.807) is 0 Å². The number of likely N-dealkylation sites (tertiary alicyclic amines) is 1. The molecule has 1 saturated heterocycles. The molecule has 0 aromatic rings. The normalized spacial score (nSPS) is 21.6. The predicted molar refractivity (Wildman–Crippen MR) is 59.8 cm³/mol. The first-order valence-electron chi connectivity index (χ1n) is 5.54. The van der Waals surface area contributed by atoms with Crippen LogP contribution in [0.3, 0.4) is 0 Å². The van der Waals surface area contributed by atoms with Gasteiger partial charge in [0.25, 0.3) is 11.8 Å². The molecule has 2 atom stereocenters. The van der Waals surface area contributed by atoms with E-state index in [1.165, 1.54) is 0 Å². The van der Waals surface area contributed by atoms with Gasteiger partial charge in [-0.05, 0) is 0 Å². The predicted octanol–water partition coefficient (Wildman–Crippen LogP) is -1.61. The second-order valence-electron chi connectivity index (χ2n) is 3.90. The standard InChI is InChI=1S/C11H13NO8/c1-5(13)19-8-9(20-6(2)14)11(17)12(10(8)16)4-7(15)18-3/h8-9H,4H2,1-3H3. The number of carbonyl (C=O) groups is 5. The lowest BCUT2D eigenvalue weighted by atomic mass is 10.2. The van der Waals surface area contributed by atoms with E-state index in [0.29, 0.717) is 4.90 Å². The number of esters is 3. The van der Waals surface area contributed by atoms with Crippen molar-refractivity contribution in [2.45, 2.75) is 26.1 Å². The summed E-state index contributed by atoms with van der Waals surface area (Å²) in [5, 5.41) is 0. The summed E-state index contributed by atoms with van der Waals surface area (Å²) in [5.74, 6) is -4.37. The first-order chi connectivity index (χ1) is 9.27. The van der Waals surface area contributed by atoms with Crippen molar-refractivity contribution in [2.24, 2.45) is 0 Å². The largest absolute Gasteiger partial charge is 0.468 e. The Hall–Kier alpha value is -2.45. The Bertz CT molecular complexity index is 437. The van der Waals surface area contributed by atoms with Crippen LogP contribution in [0.4, 0.5) is 0 Å². The van der Waals surface area contributed by atoms with Gasteiger partial charge in [-0.2, -0.15) is 0 Å². The second kappa shape index (κ2) is 6.13. The van der Waals surface area contributed by atoms with Crippen LogP contribution in [0.15, 0.2) is 0 Å². The first kappa shape index (κ1) is 15.6. The van der Waals surface area contributed by atoms with Crippen LogP contribution in [-0.4, -0.2) is 60.5 Å². The zero-order valence-corrected chi connectivity index (χ0v) is 11.1. The molecule has 9 nitrogen and oxygen atoms in total. The van der Waals surface area contributed by atoms with Crippen LogP contribution in [0.25, 0.3) is 0 Å². The third-order valence-corrected chi connectivity index (χ3v) is 2.39. The van der Waals surface area contributed by atoms with Gasteiger partial charge in [0, 0.05) is 13.8 Å². The highest BCUT2D eigenvalue weighted by molar-refractivity contribution is 6.10. The molecule has 2 unspecified atom stereocenters. The van der Waals surface area contributed by atoms with Crippen molar-refractivity contribution < 1.29 is 38.2 Å². The van der Waals surface area contributed by atoms with Gasteiger partial charge in [-0.3, -0.25) is 28.9 Å². The lowest BCUT2D eigenvalue weighted by molar-refractivity contribution is -0.167. The van der Waals surface area contributed by atoms with Crippen LogP contribution in [0.5, 0.6) is 0 Å². The molecule has 20 heavy (non-hydrogen) atoms. The fourth-order valence-electron chi connectivity index (χ4n) is 1.61. The van der Waals surface area contributed by atoms with Crippen LogP contribution >= 0.6 is 0 Å². The fraction of sp³-hybridized carbons (Fsp3) is 0.545. The van der Waals surface area contributed by atoms with Crippen molar-refractivity contribution in [3.8, 4) is 0 Å². The van der Waals surface area contributed by atoms with Crippen LogP contribution in [0, 0.1) is 0 Å². The second-order valence-corrected chi connectivity index (χ2v) is 3.90. The summed E-state index contributed by atoms with van der Waals surface area (Å²) in [5.41, 5.74) is 0. The summed E-state index contributed by atoms with van der Waals surface area (Å²) in [6, 6.07) is 0. The van der Waals surface area contributed by atoms with Crippen molar-refractivity contribution in [3.63, 3.8) is 0 Å². The molecule has 9 heteroatoms. The molecule has 1 rings (SSSR count). The summed E-state index contributed by atoms with van der Waals surface area (Å²) in [7, 11) is 1.08. The van der Waals surface area contributed by atoms with Crippen LogP contribution in [-0.2, 0) is 38.2 Å². The van der Waals surface area contributed by atoms with Gasteiger partial charge in [0.2, 0.25) is 12.2 Å². The molecule has 0 aliphatic carbocycles. The summed E-state index contributed by atoms with van der Waals surface area (Å²) < 4.78 is 13.7. The zero-order valence-electron chi connectivity index (χ0n) is 11.1. The maximum absolute atomic E-state index is 11.9. The Balaban J connectivity index is 2.98. The number of imide groups is 1. The molecule has 1 aliphatic heterocycles. The lowest BCUT2D eigenvalue weighted by Crippen LogP contribution is -2.37. The number of rotatable bonds is 4. The van der Waals surface area contributed by atoms with E-state index in [1.807, 2.05) is 0 Å². The van der Waals surface area contributed by atoms with Crippen molar-refractivity contribution in [1.82, 2.24) is 4.90 Å². The zero-order chi connectivity index (χ0) is 15.4. The van der Waals surface area contributed by atoms with E-state index < -0.39 is 48.5 Å². The van der Waals surface area contributed by atoms with Gasteiger partial charge < -0.3 is 14.2 Å². The van der Waals surface area contributed by atoms with E-state index in [9.17, 15) is 24.0 Å². The number of methoxy groups -OCH3 is 1. The van der Waals surface area contributed by atoms with Crippen LogP contribution < -0.4 is 0 Å². The Kier molecular flexibility index (Phi) is 4.78. The van der Waals surface area contributed by atoms with Crippen LogP contribution in [0.1, 0.15) is 13.8 Å². The maximum Gasteiger partial charge on any atom is 0.325 e. The smallest absolute Gasteiger partial charge is 0.325 e. The van der Waals surface area contributed by atoms with Gasteiger partial charge in [0.1, 0.15) is 6.54 Å². The summed E-state index contributed by atoms with van der Waals surface area (Å²) in [6.45, 7) is 1.42. The molecule has 110 valence electrons. The number of hydrogen-bond donors (Lipinski definition) is 0. The van der Waals surface area contributed by atoms with Crippen molar-refractivity contribution in [1.29, 1.82) is 0 Å². The fourth-order valence-corrected chi connectivity index (χ4v) is 1.61. The van der Waals surface area contributed by atoms with Gasteiger partial charge in [-0.25, -0.2) is 0 Å². The Morgan fingerprint density at radius 1 is 1.00 bits per heavy atom. The monoisotopic (exact) mass is 287 g/mol. The van der Waals surface area contributed by atoms with Gasteiger partial charge in [0.05, 0.1) is 7.11 Å². The summed E-state index contributed by atoms with van der Waals surface area (Å²) >= 11 is 0. The van der Waals surface area contributed by atoms with Crippen molar-refractivity contribution in [3.05, 3.63) is 0 Å². The van der Waals surface area contributed by atoms with Gasteiger partial charge >= 0.3 is 17.9 Å². The summed E-state index contributed by atoms with van der Waals surface area (Å²) in [4.78, 5) is 57.4. The third-order valence-electron chi connectivity index (χ3n) is 2.39. The number of amides is 2. The molecule has 0 bridgehead atoms. The molecule has 0 aromatic heterocycles. The van der Waals surface area contributed by atoms with Crippen molar-refractivity contribution >= 4 is 29.7 Å². The Morgan fingerprint density at radius 2 is 1.40 bits per heavy atom. The molecular weight excluding hydrogens is 274 g/mol. The van der Waals surface area contributed by atoms with E-state index >= 15 is 0 Å². The molecule has 1 fully saturated rings. The molecule has 1 aliphatic rings. The SMILES string of the molecule is COC(=O)CN1C(=O)C(OC(C)=O)C(OC(C)=O)C1=O. The van der Waals surface area contributed by atoms with E-state index in [4.69, 9.17) is 0 Å². The minimum atomic E-state index is -1.59. The van der Waals surface area contributed by atoms with Crippen molar-refractivity contribution in [2.75, 3.05) is 13.7 Å². The topological polar surface area (TPSA) is 116 Å². The van der Waals surface area contributed by atoms with Crippen LogP contribution in [0.2, 0.25) is 0 Å². The average molecular weight is 287 g/mol. The third kappa shape index (κ3) is 3.31. The van der Waals surface area contributed by atoms with E-state index in [0.717, 1.165) is 21.0 Å². The quantitative estimate of drug-likeness (QED) is 0.344. The van der Waals surface area contributed by atoms with Gasteiger partial charge in [-0.15, -0.1) is 0 Å². The first-order valence-corrected chi connectivity index (χ1v) is 5.54. The number of hydrogen-bond acceptors (Lipinski definition) is 8. The minimum absolute atomic E-state index is 0.521. The van der Waals surface area contributed by atoms with Gasteiger partial charge in [-0.1, -0.05) is 0 Å². The highest BCUT2D eigenvalue weighted by atomic mass is 16.6. The highest BCUT2D eigenvalue weighted by Gasteiger charge is 2.52. The van der Waals surface area contributed by atoms with E-state index in [2.05, 4.69) is 14.2 Å². The molecule has 1 heterocycles. The molecule has 0 saturated carbocycles. The number of nitrogens with zero attached hydrogens (tertiary/aromatic N) is 1.